The average Bonchev–Trinajstić information content (AvgIpc) is 3.14. The van der Waals surface area contributed by atoms with Gasteiger partial charge in [0.1, 0.15) is 12.1 Å². The fourth-order valence-electron chi connectivity index (χ4n) is 3.40. The topological polar surface area (TPSA) is 64.7 Å². The summed E-state index contributed by atoms with van der Waals surface area (Å²) in [6, 6.07) is 2.12. The van der Waals surface area contributed by atoms with Crippen molar-refractivity contribution in [2.24, 2.45) is 14.1 Å². The molecule has 0 spiro atoms. The van der Waals surface area contributed by atoms with E-state index in [1.807, 2.05) is 31.2 Å². The molecule has 1 atom stereocenters. The first-order valence-corrected chi connectivity index (χ1v) is 7.59. The Kier molecular flexibility index (Phi) is 3.06. The highest BCUT2D eigenvalue weighted by molar-refractivity contribution is 5.86. The van der Waals surface area contributed by atoms with Crippen LogP contribution in [-0.2, 0) is 14.1 Å². The summed E-state index contributed by atoms with van der Waals surface area (Å²) in [5.41, 5.74) is 2.17. The second-order valence-electron chi connectivity index (χ2n) is 5.87. The molecule has 4 heterocycles. The molecule has 0 radical (unpaired) electrons. The molecule has 7 nitrogen and oxygen atoms in total. The minimum absolute atomic E-state index is 0.489. The van der Waals surface area contributed by atoms with E-state index in [1.54, 1.807) is 11.0 Å². The number of hydrogen-bond acceptors (Lipinski definition) is 5. The lowest BCUT2D eigenvalue weighted by atomic mass is 9.94. The van der Waals surface area contributed by atoms with Gasteiger partial charge in [-0.15, -0.1) is 0 Å². The van der Waals surface area contributed by atoms with Crippen molar-refractivity contribution >= 4 is 16.9 Å². The maximum absolute atomic E-state index is 4.52. The summed E-state index contributed by atoms with van der Waals surface area (Å²) in [7, 11) is 3.92. The SMILES string of the molecule is Cn1nccc1[C@@H]1CCCN(c2ncnc3c2cnn3C)C1. The molecule has 0 bridgehead atoms. The molecule has 3 aromatic rings. The maximum atomic E-state index is 4.52. The molecule has 0 aliphatic carbocycles. The van der Waals surface area contributed by atoms with E-state index in [0.29, 0.717) is 5.92 Å². The van der Waals surface area contributed by atoms with Crippen LogP contribution < -0.4 is 4.90 Å². The fraction of sp³-hybridized carbons (Fsp3) is 0.467. The van der Waals surface area contributed by atoms with Gasteiger partial charge in [0.2, 0.25) is 0 Å². The molecule has 0 saturated carbocycles. The summed E-state index contributed by atoms with van der Waals surface area (Å²) < 4.78 is 3.77. The van der Waals surface area contributed by atoms with Gasteiger partial charge in [0.05, 0.1) is 11.6 Å². The van der Waals surface area contributed by atoms with Gasteiger partial charge in [-0.1, -0.05) is 0 Å². The largest absolute Gasteiger partial charge is 0.355 e. The van der Waals surface area contributed by atoms with Gasteiger partial charge in [-0.25, -0.2) is 9.97 Å². The predicted molar refractivity (Wildman–Crippen MR) is 83.7 cm³/mol. The number of piperidine rings is 1. The lowest BCUT2D eigenvalue weighted by molar-refractivity contribution is 0.481. The summed E-state index contributed by atoms with van der Waals surface area (Å²) >= 11 is 0. The smallest absolute Gasteiger partial charge is 0.163 e. The molecule has 0 amide bonds. The summed E-state index contributed by atoms with van der Waals surface area (Å²) in [6.07, 6.45) is 7.71. The van der Waals surface area contributed by atoms with E-state index in [9.17, 15) is 0 Å². The normalized spacial score (nSPS) is 19.0. The van der Waals surface area contributed by atoms with Crippen LogP contribution in [0, 0.1) is 0 Å². The van der Waals surface area contributed by atoms with E-state index in [2.05, 4.69) is 31.1 Å². The Morgan fingerprint density at radius 3 is 2.86 bits per heavy atom. The quantitative estimate of drug-likeness (QED) is 0.717. The third-order valence-electron chi connectivity index (χ3n) is 4.51. The maximum Gasteiger partial charge on any atom is 0.163 e. The van der Waals surface area contributed by atoms with Crippen LogP contribution in [0.1, 0.15) is 24.5 Å². The number of rotatable bonds is 2. The summed E-state index contributed by atoms with van der Waals surface area (Å²) in [5.74, 6) is 1.48. The van der Waals surface area contributed by atoms with E-state index in [4.69, 9.17) is 0 Å². The van der Waals surface area contributed by atoms with Gasteiger partial charge in [0, 0.05) is 45.0 Å². The van der Waals surface area contributed by atoms with Crippen LogP contribution in [0.3, 0.4) is 0 Å². The third kappa shape index (κ3) is 2.04. The van der Waals surface area contributed by atoms with Gasteiger partial charge in [-0.3, -0.25) is 9.36 Å². The first-order chi connectivity index (χ1) is 10.7. The molecule has 0 aromatic carbocycles. The van der Waals surface area contributed by atoms with Crippen LogP contribution in [-0.4, -0.2) is 42.6 Å². The zero-order valence-electron chi connectivity index (χ0n) is 12.8. The molecule has 1 fully saturated rings. The molecule has 0 unspecified atom stereocenters. The van der Waals surface area contributed by atoms with Crippen molar-refractivity contribution in [2.75, 3.05) is 18.0 Å². The van der Waals surface area contributed by atoms with Crippen LogP contribution in [0.25, 0.3) is 11.0 Å². The molecule has 1 aliphatic rings. The van der Waals surface area contributed by atoms with Crippen molar-refractivity contribution in [3.05, 3.63) is 30.5 Å². The molecular formula is C15H19N7. The molecule has 114 valence electrons. The molecule has 7 heteroatoms. The Labute approximate surface area is 128 Å². The molecule has 3 aromatic heterocycles. The van der Waals surface area contributed by atoms with E-state index >= 15 is 0 Å². The Morgan fingerprint density at radius 2 is 2.05 bits per heavy atom. The van der Waals surface area contributed by atoms with E-state index in [-0.39, 0.29) is 0 Å². The number of aryl methyl sites for hydroxylation is 2. The summed E-state index contributed by atoms with van der Waals surface area (Å²) in [6.45, 7) is 1.98. The van der Waals surface area contributed by atoms with Crippen molar-refractivity contribution in [3.63, 3.8) is 0 Å². The molecule has 1 aliphatic heterocycles. The van der Waals surface area contributed by atoms with Crippen LogP contribution in [0.4, 0.5) is 5.82 Å². The number of aromatic nitrogens is 6. The summed E-state index contributed by atoms with van der Waals surface area (Å²) in [4.78, 5) is 11.2. The van der Waals surface area contributed by atoms with Crippen LogP contribution in [0.5, 0.6) is 0 Å². The van der Waals surface area contributed by atoms with Crippen molar-refractivity contribution in [1.82, 2.24) is 29.5 Å². The highest BCUT2D eigenvalue weighted by atomic mass is 15.3. The Balaban J connectivity index is 1.68. The number of hydrogen-bond donors (Lipinski definition) is 0. The van der Waals surface area contributed by atoms with Crippen molar-refractivity contribution in [3.8, 4) is 0 Å². The van der Waals surface area contributed by atoms with E-state index < -0.39 is 0 Å². The fourth-order valence-corrected chi connectivity index (χ4v) is 3.40. The molecule has 0 N–H and O–H groups in total. The predicted octanol–water partition coefficient (Wildman–Crippen LogP) is 1.48. The lowest BCUT2D eigenvalue weighted by Crippen LogP contribution is -2.35. The second-order valence-corrected chi connectivity index (χ2v) is 5.87. The van der Waals surface area contributed by atoms with Gasteiger partial charge in [-0.05, 0) is 18.9 Å². The average molecular weight is 297 g/mol. The van der Waals surface area contributed by atoms with Gasteiger partial charge in [0.15, 0.2) is 5.65 Å². The minimum atomic E-state index is 0.489. The molecule has 4 rings (SSSR count). The van der Waals surface area contributed by atoms with Crippen LogP contribution in [0.2, 0.25) is 0 Å². The van der Waals surface area contributed by atoms with Crippen LogP contribution in [0.15, 0.2) is 24.8 Å². The highest BCUT2D eigenvalue weighted by Crippen LogP contribution is 2.31. The summed E-state index contributed by atoms with van der Waals surface area (Å²) in [5, 5.41) is 9.63. The number of nitrogens with zero attached hydrogens (tertiary/aromatic N) is 7. The van der Waals surface area contributed by atoms with Crippen molar-refractivity contribution < 1.29 is 0 Å². The monoisotopic (exact) mass is 297 g/mol. The first kappa shape index (κ1) is 13.2. The van der Waals surface area contributed by atoms with Crippen molar-refractivity contribution in [2.45, 2.75) is 18.8 Å². The standard InChI is InChI=1S/C15H19N7/c1-20-13(5-6-18-20)11-4-3-7-22(9-11)15-12-8-19-21(2)14(12)16-10-17-15/h5-6,8,10-11H,3-4,7,9H2,1-2H3/t11-/m1/s1. The van der Waals surface area contributed by atoms with Gasteiger partial charge >= 0.3 is 0 Å². The second kappa shape index (κ2) is 5.08. The third-order valence-corrected chi connectivity index (χ3v) is 4.51. The Morgan fingerprint density at radius 1 is 1.14 bits per heavy atom. The van der Waals surface area contributed by atoms with E-state index in [1.165, 1.54) is 12.1 Å². The van der Waals surface area contributed by atoms with Crippen LogP contribution >= 0.6 is 0 Å². The Hall–Kier alpha value is -2.44. The van der Waals surface area contributed by atoms with Gasteiger partial charge in [-0.2, -0.15) is 10.2 Å². The molecule has 22 heavy (non-hydrogen) atoms. The molecular weight excluding hydrogens is 278 g/mol. The molecule has 1 saturated heterocycles. The lowest BCUT2D eigenvalue weighted by Gasteiger charge is -2.33. The minimum Gasteiger partial charge on any atom is -0.355 e. The van der Waals surface area contributed by atoms with Gasteiger partial charge in [0.25, 0.3) is 0 Å². The number of fused-ring (bicyclic) bond motifs is 1. The zero-order valence-corrected chi connectivity index (χ0v) is 12.8. The highest BCUT2D eigenvalue weighted by Gasteiger charge is 2.25. The van der Waals surface area contributed by atoms with Crippen molar-refractivity contribution in [1.29, 1.82) is 0 Å². The first-order valence-electron chi connectivity index (χ1n) is 7.59. The number of anilines is 1. The zero-order chi connectivity index (χ0) is 15.1. The van der Waals surface area contributed by atoms with E-state index in [0.717, 1.165) is 36.4 Å². The Bertz CT molecular complexity index is 803. The van der Waals surface area contributed by atoms with Gasteiger partial charge < -0.3 is 4.90 Å².